The van der Waals surface area contributed by atoms with Crippen LogP contribution in [0.4, 0.5) is 0 Å². The lowest BCUT2D eigenvalue weighted by Crippen LogP contribution is -2.26. The van der Waals surface area contributed by atoms with Gasteiger partial charge in [-0.05, 0) is 18.1 Å². The molecule has 1 atom stereocenters. The zero-order valence-corrected chi connectivity index (χ0v) is 11.7. The lowest BCUT2D eigenvalue weighted by Gasteiger charge is -2.22. The second-order valence-electron chi connectivity index (χ2n) is 4.19. The molecule has 100 valence electrons. The molecule has 1 heterocycles. The van der Waals surface area contributed by atoms with Crippen molar-refractivity contribution in [3.05, 3.63) is 34.9 Å². The Balaban J connectivity index is 1.76. The van der Waals surface area contributed by atoms with Crippen molar-refractivity contribution in [1.29, 1.82) is 0 Å². The molecule has 2 rings (SSSR count). The minimum Gasteiger partial charge on any atom is -0.353 e. The van der Waals surface area contributed by atoms with Crippen molar-refractivity contribution in [3.8, 4) is 0 Å². The number of benzene rings is 1. The SMILES string of the molecule is O=S(CCC1OCCCO1)Cc1ccccc1Cl. The Bertz CT molecular complexity index is 405. The van der Waals surface area contributed by atoms with Crippen molar-refractivity contribution in [1.82, 2.24) is 0 Å². The molecule has 0 N–H and O–H groups in total. The van der Waals surface area contributed by atoms with Crippen molar-refractivity contribution in [2.75, 3.05) is 19.0 Å². The third-order valence-electron chi connectivity index (χ3n) is 2.75. The Labute approximate surface area is 115 Å². The Kier molecular flexibility index (Phi) is 5.63. The van der Waals surface area contributed by atoms with Crippen LogP contribution in [0, 0.1) is 0 Å². The van der Waals surface area contributed by atoms with Crippen LogP contribution in [-0.2, 0) is 26.0 Å². The number of hydrogen-bond donors (Lipinski definition) is 0. The van der Waals surface area contributed by atoms with Crippen molar-refractivity contribution in [3.63, 3.8) is 0 Å². The second kappa shape index (κ2) is 7.24. The lowest BCUT2D eigenvalue weighted by atomic mass is 10.2. The van der Waals surface area contributed by atoms with Gasteiger partial charge in [0.1, 0.15) is 0 Å². The van der Waals surface area contributed by atoms with Crippen LogP contribution < -0.4 is 0 Å². The summed E-state index contributed by atoms with van der Waals surface area (Å²) < 4.78 is 22.8. The number of ether oxygens (including phenoxy) is 2. The quantitative estimate of drug-likeness (QED) is 0.836. The van der Waals surface area contributed by atoms with Crippen molar-refractivity contribution in [2.24, 2.45) is 0 Å². The van der Waals surface area contributed by atoms with Gasteiger partial charge >= 0.3 is 0 Å². The van der Waals surface area contributed by atoms with Gasteiger partial charge in [-0.25, -0.2) is 0 Å². The first kappa shape index (κ1) is 14.0. The molecule has 1 saturated heterocycles. The average Bonchev–Trinajstić information content (AvgIpc) is 2.40. The van der Waals surface area contributed by atoms with Crippen LogP contribution >= 0.6 is 11.6 Å². The zero-order chi connectivity index (χ0) is 12.8. The first-order valence-electron chi connectivity index (χ1n) is 6.07. The molecule has 0 bridgehead atoms. The Morgan fingerprint density at radius 1 is 1.28 bits per heavy atom. The Morgan fingerprint density at radius 2 is 2.00 bits per heavy atom. The monoisotopic (exact) mass is 288 g/mol. The minimum atomic E-state index is -0.927. The highest BCUT2D eigenvalue weighted by molar-refractivity contribution is 7.84. The van der Waals surface area contributed by atoms with E-state index in [0.717, 1.165) is 25.2 Å². The number of rotatable bonds is 5. The summed E-state index contributed by atoms with van der Waals surface area (Å²) in [6.45, 7) is 1.48. The number of hydrogen-bond acceptors (Lipinski definition) is 3. The maximum absolute atomic E-state index is 11.9. The van der Waals surface area contributed by atoms with Crippen LogP contribution in [0.2, 0.25) is 5.02 Å². The standard InChI is InChI=1S/C13H17ClO3S/c14-12-5-2-1-4-11(12)10-18(15)9-6-13-16-7-3-8-17-13/h1-2,4-5,13H,3,6-10H2. The highest BCUT2D eigenvalue weighted by Gasteiger charge is 2.15. The van der Waals surface area contributed by atoms with E-state index >= 15 is 0 Å². The molecule has 0 amide bonds. The van der Waals surface area contributed by atoms with Gasteiger partial charge in [-0.1, -0.05) is 29.8 Å². The summed E-state index contributed by atoms with van der Waals surface area (Å²) in [4.78, 5) is 0. The summed E-state index contributed by atoms with van der Waals surface area (Å²) in [5.74, 6) is 1.07. The van der Waals surface area contributed by atoms with Gasteiger partial charge in [0.15, 0.2) is 6.29 Å². The molecule has 0 aromatic heterocycles. The molecule has 0 radical (unpaired) electrons. The first-order chi connectivity index (χ1) is 8.75. The summed E-state index contributed by atoms with van der Waals surface area (Å²) in [7, 11) is -0.927. The highest BCUT2D eigenvalue weighted by atomic mass is 35.5. The average molecular weight is 289 g/mol. The van der Waals surface area contributed by atoms with E-state index in [4.69, 9.17) is 21.1 Å². The molecule has 1 fully saturated rings. The smallest absolute Gasteiger partial charge is 0.158 e. The molecule has 1 aromatic carbocycles. The van der Waals surface area contributed by atoms with Gasteiger partial charge in [0.05, 0.1) is 13.2 Å². The van der Waals surface area contributed by atoms with Gasteiger partial charge < -0.3 is 9.47 Å². The molecule has 0 aliphatic carbocycles. The van der Waals surface area contributed by atoms with Gasteiger partial charge in [-0.3, -0.25) is 4.21 Å². The van der Waals surface area contributed by atoms with Gasteiger partial charge in [0.25, 0.3) is 0 Å². The highest BCUT2D eigenvalue weighted by Crippen LogP contribution is 2.17. The molecule has 0 spiro atoms. The Morgan fingerprint density at radius 3 is 2.72 bits per heavy atom. The third-order valence-corrected chi connectivity index (χ3v) is 4.44. The molecule has 1 aliphatic heterocycles. The predicted molar refractivity (Wildman–Crippen MR) is 73.1 cm³/mol. The fraction of sp³-hybridized carbons (Fsp3) is 0.538. The molecule has 18 heavy (non-hydrogen) atoms. The van der Waals surface area contributed by atoms with Gasteiger partial charge in [0, 0.05) is 33.7 Å². The summed E-state index contributed by atoms with van der Waals surface area (Å²) in [6.07, 6.45) is 1.44. The first-order valence-corrected chi connectivity index (χ1v) is 7.94. The lowest BCUT2D eigenvalue weighted by molar-refractivity contribution is -0.178. The predicted octanol–water partition coefficient (Wildman–Crippen LogP) is 2.74. The molecule has 1 aliphatic rings. The maximum atomic E-state index is 11.9. The van der Waals surface area contributed by atoms with E-state index in [9.17, 15) is 4.21 Å². The van der Waals surface area contributed by atoms with Crippen molar-refractivity contribution in [2.45, 2.75) is 24.9 Å². The van der Waals surface area contributed by atoms with E-state index in [1.54, 1.807) is 0 Å². The van der Waals surface area contributed by atoms with Crippen LogP contribution in [0.5, 0.6) is 0 Å². The van der Waals surface area contributed by atoms with Crippen LogP contribution in [0.3, 0.4) is 0 Å². The number of halogens is 1. The summed E-state index contributed by atoms with van der Waals surface area (Å²) in [5, 5.41) is 0.677. The van der Waals surface area contributed by atoms with E-state index < -0.39 is 10.8 Å². The fourth-order valence-electron chi connectivity index (χ4n) is 1.79. The molecule has 3 nitrogen and oxygen atoms in total. The molecular weight excluding hydrogens is 272 g/mol. The van der Waals surface area contributed by atoms with Crippen LogP contribution in [0.1, 0.15) is 18.4 Å². The molecular formula is C13H17ClO3S. The van der Waals surface area contributed by atoms with Crippen LogP contribution in [0.25, 0.3) is 0 Å². The summed E-state index contributed by atoms with van der Waals surface area (Å²) >= 11 is 6.03. The normalized spacial score (nSPS) is 18.7. The van der Waals surface area contributed by atoms with E-state index in [1.165, 1.54) is 0 Å². The van der Waals surface area contributed by atoms with E-state index in [-0.39, 0.29) is 6.29 Å². The van der Waals surface area contributed by atoms with E-state index in [1.807, 2.05) is 24.3 Å². The maximum Gasteiger partial charge on any atom is 0.158 e. The Hall–Kier alpha value is -0.420. The van der Waals surface area contributed by atoms with E-state index in [2.05, 4.69) is 0 Å². The summed E-state index contributed by atoms with van der Waals surface area (Å²) in [5.41, 5.74) is 0.933. The fourth-order valence-corrected chi connectivity index (χ4v) is 3.27. The van der Waals surface area contributed by atoms with Crippen molar-refractivity contribution < 1.29 is 13.7 Å². The molecule has 0 saturated carbocycles. The van der Waals surface area contributed by atoms with Crippen LogP contribution in [-0.4, -0.2) is 29.5 Å². The summed E-state index contributed by atoms with van der Waals surface area (Å²) in [6, 6.07) is 7.51. The topological polar surface area (TPSA) is 35.5 Å². The van der Waals surface area contributed by atoms with E-state index in [0.29, 0.717) is 22.9 Å². The van der Waals surface area contributed by atoms with Gasteiger partial charge in [-0.2, -0.15) is 0 Å². The van der Waals surface area contributed by atoms with Gasteiger partial charge in [-0.15, -0.1) is 0 Å². The molecule has 5 heteroatoms. The molecule has 1 aromatic rings. The van der Waals surface area contributed by atoms with Crippen LogP contribution in [0.15, 0.2) is 24.3 Å². The molecule has 1 unspecified atom stereocenters. The van der Waals surface area contributed by atoms with Gasteiger partial charge in [0.2, 0.25) is 0 Å². The van der Waals surface area contributed by atoms with Crippen molar-refractivity contribution >= 4 is 22.4 Å². The minimum absolute atomic E-state index is 0.186. The zero-order valence-electron chi connectivity index (χ0n) is 10.1. The third kappa shape index (κ3) is 4.35. The largest absolute Gasteiger partial charge is 0.353 e. The second-order valence-corrected chi connectivity index (χ2v) is 6.18.